The number of aromatic nitrogens is 1. The average Bonchev–Trinajstić information content (AvgIpc) is 2.96. The molecule has 0 aliphatic heterocycles. The van der Waals surface area contributed by atoms with Gasteiger partial charge in [0.05, 0.1) is 12.7 Å². The number of phosphoric acid groups is 1. The number of nitrogens with zero attached hydrogens (tertiary/aromatic N) is 1. The Bertz CT molecular complexity index is 813. The van der Waals surface area contributed by atoms with Gasteiger partial charge in [-0.2, -0.15) is 13.2 Å². The molecule has 0 aliphatic carbocycles. The molecule has 7 nitrogen and oxygen atoms in total. The number of alkyl halides is 3. The van der Waals surface area contributed by atoms with E-state index < -0.39 is 31.4 Å². The number of thiophene rings is 1. The first kappa shape index (κ1) is 18.7. The van der Waals surface area contributed by atoms with Gasteiger partial charge in [-0.15, -0.1) is 11.3 Å². The topological polar surface area (TPSA) is 84.0 Å². The zero-order chi connectivity index (χ0) is 18.1. The zero-order valence-electron chi connectivity index (χ0n) is 12.5. The van der Waals surface area contributed by atoms with Crippen LogP contribution in [0.25, 0.3) is 10.2 Å². The second-order valence-electron chi connectivity index (χ2n) is 4.23. The van der Waals surface area contributed by atoms with E-state index in [4.69, 9.17) is 4.52 Å². The van der Waals surface area contributed by atoms with Crippen molar-refractivity contribution < 1.29 is 40.8 Å². The van der Waals surface area contributed by atoms with Gasteiger partial charge >= 0.3 is 20.0 Å². The van der Waals surface area contributed by atoms with Crippen LogP contribution in [0.15, 0.2) is 12.1 Å². The smallest absolute Gasteiger partial charge is 0.465 e. The highest BCUT2D eigenvalue weighted by Gasteiger charge is 2.36. The van der Waals surface area contributed by atoms with E-state index in [-0.39, 0.29) is 15.1 Å². The number of phosphoric ester groups is 1. The first-order valence-corrected chi connectivity index (χ1v) is 8.42. The molecule has 0 fully saturated rings. The van der Waals surface area contributed by atoms with Crippen LogP contribution in [0, 0.1) is 0 Å². The van der Waals surface area contributed by atoms with E-state index >= 15 is 0 Å². The summed E-state index contributed by atoms with van der Waals surface area (Å²) in [5, 5.41) is -0.301. The van der Waals surface area contributed by atoms with E-state index in [1.807, 2.05) is 0 Å². The van der Waals surface area contributed by atoms with Crippen molar-refractivity contribution in [3.8, 4) is 5.88 Å². The van der Waals surface area contributed by atoms with Crippen LogP contribution >= 0.6 is 19.2 Å². The molecule has 0 saturated heterocycles. The molecule has 0 aromatic carbocycles. The normalized spacial score (nSPS) is 12.4. The summed E-state index contributed by atoms with van der Waals surface area (Å²) in [6.07, 6.45) is -4.75. The molecule has 24 heavy (non-hydrogen) atoms. The third kappa shape index (κ3) is 3.69. The van der Waals surface area contributed by atoms with E-state index in [0.29, 0.717) is 17.4 Å². The van der Waals surface area contributed by atoms with E-state index in [1.165, 1.54) is 0 Å². The van der Waals surface area contributed by atoms with Crippen molar-refractivity contribution in [3.63, 3.8) is 0 Å². The fourth-order valence-corrected chi connectivity index (χ4v) is 3.32. The van der Waals surface area contributed by atoms with Crippen LogP contribution < -0.4 is 4.52 Å². The van der Waals surface area contributed by atoms with Gasteiger partial charge < -0.3 is 9.26 Å². The van der Waals surface area contributed by atoms with Crippen LogP contribution in [0.3, 0.4) is 0 Å². The molecule has 0 spiro atoms. The lowest BCUT2D eigenvalue weighted by atomic mass is 10.1. The van der Waals surface area contributed by atoms with E-state index in [0.717, 1.165) is 27.4 Å². The minimum atomic E-state index is -4.75. The highest BCUT2D eigenvalue weighted by molar-refractivity contribution is 7.48. The Morgan fingerprint density at radius 2 is 1.83 bits per heavy atom. The summed E-state index contributed by atoms with van der Waals surface area (Å²) >= 11 is 0.679. The third-order valence-corrected chi connectivity index (χ3v) is 5.14. The molecule has 0 radical (unpaired) electrons. The van der Waals surface area contributed by atoms with Gasteiger partial charge in [-0.05, 0) is 6.07 Å². The predicted molar refractivity (Wildman–Crippen MR) is 78.2 cm³/mol. The van der Waals surface area contributed by atoms with Crippen molar-refractivity contribution in [3.05, 3.63) is 22.6 Å². The highest BCUT2D eigenvalue weighted by atomic mass is 32.1. The standard InChI is InChI=1S/C12H11F3NO6PS/c1-19-11(17)8-4-6-7(12(13,14)15)5-9(16-10(6)24-8)22-23(18,20-2)21-3/h4-5H,1-3H3. The highest BCUT2D eigenvalue weighted by Crippen LogP contribution is 2.49. The second-order valence-corrected chi connectivity index (χ2v) is 7.07. The van der Waals surface area contributed by atoms with Crippen LogP contribution in [-0.2, 0) is 24.5 Å². The SMILES string of the molecule is COC(=O)c1cc2c(C(F)(F)F)cc(OP(=O)(OC)OC)nc2s1. The summed E-state index contributed by atoms with van der Waals surface area (Å²) in [6, 6.07) is 1.58. The maximum atomic E-state index is 13.3. The summed E-state index contributed by atoms with van der Waals surface area (Å²) in [5.41, 5.74) is -1.10. The largest absolute Gasteiger partial charge is 0.530 e. The number of carbonyl (C=O) groups excluding carboxylic acids is 1. The summed E-state index contributed by atoms with van der Waals surface area (Å²) in [7, 11) is -0.968. The van der Waals surface area contributed by atoms with E-state index in [9.17, 15) is 22.5 Å². The number of carbonyl (C=O) groups is 1. The number of hydrogen-bond donors (Lipinski definition) is 0. The number of pyridine rings is 1. The molecule has 12 heteroatoms. The number of methoxy groups -OCH3 is 1. The number of rotatable bonds is 5. The summed E-state index contributed by atoms with van der Waals surface area (Å²) < 4.78 is 70.0. The molecule has 0 saturated carbocycles. The van der Waals surface area contributed by atoms with Crippen molar-refractivity contribution >= 4 is 35.3 Å². The van der Waals surface area contributed by atoms with Crippen molar-refractivity contribution in [2.45, 2.75) is 6.18 Å². The molecule has 0 amide bonds. The summed E-state index contributed by atoms with van der Waals surface area (Å²) in [6.45, 7) is 0. The molecule has 0 N–H and O–H groups in total. The molecule has 2 aromatic rings. The summed E-state index contributed by atoms with van der Waals surface area (Å²) in [4.78, 5) is 15.1. The van der Waals surface area contributed by atoms with Crippen LogP contribution in [-0.4, -0.2) is 32.3 Å². The molecule has 2 rings (SSSR count). The molecule has 2 heterocycles. The fraction of sp³-hybridized carbons (Fsp3) is 0.333. The van der Waals surface area contributed by atoms with Crippen LogP contribution in [0.5, 0.6) is 5.88 Å². The lowest BCUT2D eigenvalue weighted by Gasteiger charge is -2.15. The van der Waals surface area contributed by atoms with Gasteiger partial charge in [0.2, 0.25) is 5.88 Å². The number of fused-ring (bicyclic) bond motifs is 1. The minimum Gasteiger partial charge on any atom is -0.465 e. The maximum absolute atomic E-state index is 13.3. The van der Waals surface area contributed by atoms with Gasteiger partial charge in [0.25, 0.3) is 0 Å². The van der Waals surface area contributed by atoms with Crippen molar-refractivity contribution in [1.82, 2.24) is 4.98 Å². The first-order chi connectivity index (χ1) is 11.1. The Kier molecular flexibility index (Phi) is 5.19. The van der Waals surface area contributed by atoms with Crippen molar-refractivity contribution in [2.75, 3.05) is 21.3 Å². The van der Waals surface area contributed by atoms with Gasteiger partial charge in [0, 0.05) is 25.7 Å². The molecule has 2 aromatic heterocycles. The number of ether oxygens (including phenoxy) is 1. The monoisotopic (exact) mass is 385 g/mol. The molecular formula is C12H11F3NO6PS. The molecular weight excluding hydrogens is 374 g/mol. The molecule has 132 valence electrons. The first-order valence-electron chi connectivity index (χ1n) is 6.14. The Morgan fingerprint density at radius 3 is 2.33 bits per heavy atom. The Balaban J connectivity index is 2.63. The van der Waals surface area contributed by atoms with Crippen LogP contribution in [0.2, 0.25) is 0 Å². The average molecular weight is 385 g/mol. The molecule has 0 aliphatic rings. The quantitative estimate of drug-likeness (QED) is 0.570. The Labute approximate surface area is 137 Å². The zero-order valence-corrected chi connectivity index (χ0v) is 14.3. The van der Waals surface area contributed by atoms with Gasteiger partial charge in [0.15, 0.2) is 0 Å². The number of hydrogen-bond acceptors (Lipinski definition) is 8. The lowest BCUT2D eigenvalue weighted by molar-refractivity contribution is -0.136. The van der Waals surface area contributed by atoms with Gasteiger partial charge in [-0.3, -0.25) is 9.05 Å². The maximum Gasteiger partial charge on any atom is 0.530 e. The molecule has 0 unspecified atom stereocenters. The van der Waals surface area contributed by atoms with Crippen molar-refractivity contribution in [1.29, 1.82) is 0 Å². The third-order valence-electron chi connectivity index (χ3n) is 2.83. The van der Waals surface area contributed by atoms with E-state index in [1.54, 1.807) is 0 Å². The minimum absolute atomic E-state index is 0.0654. The van der Waals surface area contributed by atoms with Gasteiger partial charge in [-0.1, -0.05) is 0 Å². The summed E-state index contributed by atoms with van der Waals surface area (Å²) in [5.74, 6) is -1.41. The van der Waals surface area contributed by atoms with Crippen LogP contribution in [0.1, 0.15) is 15.2 Å². The van der Waals surface area contributed by atoms with Gasteiger partial charge in [0.1, 0.15) is 9.71 Å². The Hall–Kier alpha value is -1.68. The van der Waals surface area contributed by atoms with Crippen molar-refractivity contribution in [2.24, 2.45) is 0 Å². The predicted octanol–water partition coefficient (Wildman–Crippen LogP) is 3.88. The van der Waals surface area contributed by atoms with Crippen LogP contribution in [0.4, 0.5) is 13.2 Å². The van der Waals surface area contributed by atoms with Gasteiger partial charge in [-0.25, -0.2) is 14.3 Å². The molecule has 0 atom stereocenters. The van der Waals surface area contributed by atoms with E-state index in [2.05, 4.69) is 18.8 Å². The number of halogens is 3. The fourth-order valence-electron chi connectivity index (χ4n) is 1.74. The molecule has 0 bridgehead atoms. The number of esters is 1. The lowest BCUT2D eigenvalue weighted by Crippen LogP contribution is -2.07. The Morgan fingerprint density at radius 1 is 1.21 bits per heavy atom. The second kappa shape index (κ2) is 6.67.